The number of ketones is 1. The molecule has 2 heterocycles. The average molecular weight is 790 g/mol. The van der Waals surface area contributed by atoms with Gasteiger partial charge in [-0.2, -0.15) is 0 Å². The summed E-state index contributed by atoms with van der Waals surface area (Å²) in [5.41, 5.74) is 8.92. The van der Waals surface area contributed by atoms with E-state index in [-0.39, 0.29) is 56.6 Å². The Hall–Kier alpha value is -4.14. The van der Waals surface area contributed by atoms with Crippen molar-refractivity contribution < 1.29 is 40.7 Å². The highest BCUT2D eigenvalue weighted by molar-refractivity contribution is 7.88. The van der Waals surface area contributed by atoms with Gasteiger partial charge in [-0.05, 0) is 105 Å². The number of sulfonamides is 1. The van der Waals surface area contributed by atoms with Gasteiger partial charge < -0.3 is 14.4 Å². The van der Waals surface area contributed by atoms with E-state index in [0.29, 0.717) is 35.1 Å². The molecule has 0 radical (unpaired) electrons. The second kappa shape index (κ2) is 16.7. The maximum atomic E-state index is 15.6. The molecule has 0 aliphatic carbocycles. The van der Waals surface area contributed by atoms with Crippen LogP contribution in [0.25, 0.3) is 10.4 Å². The molecule has 1 amide bonds. The summed E-state index contributed by atoms with van der Waals surface area (Å²) in [5.74, 6) is -4.08. The second-order valence-electron chi connectivity index (χ2n) is 14.9. The van der Waals surface area contributed by atoms with Crippen molar-refractivity contribution in [2.24, 2.45) is 5.11 Å². The molecule has 2 aliphatic heterocycles. The molecule has 54 heavy (non-hydrogen) atoms. The lowest BCUT2D eigenvalue weighted by Crippen LogP contribution is -2.61. The highest BCUT2D eigenvalue weighted by Gasteiger charge is 2.46. The lowest BCUT2D eigenvalue weighted by Gasteiger charge is -2.49. The molecule has 0 saturated carbocycles. The third-order valence-corrected chi connectivity index (χ3v) is 11.2. The van der Waals surface area contributed by atoms with E-state index in [0.717, 1.165) is 18.4 Å². The highest BCUT2D eigenvalue weighted by Crippen LogP contribution is 2.36. The molecule has 16 heteroatoms. The third-order valence-electron chi connectivity index (χ3n) is 9.67. The fourth-order valence-corrected chi connectivity index (χ4v) is 8.18. The van der Waals surface area contributed by atoms with Crippen molar-refractivity contribution in [1.82, 2.24) is 9.21 Å². The van der Waals surface area contributed by atoms with Crippen molar-refractivity contribution in [2.45, 2.75) is 82.1 Å². The maximum Gasteiger partial charge on any atom is 0.410 e. The van der Waals surface area contributed by atoms with Crippen LogP contribution in [0.5, 0.6) is 0 Å². The molecule has 1 spiro atoms. The monoisotopic (exact) mass is 789 g/mol. The van der Waals surface area contributed by atoms with E-state index in [1.807, 2.05) is 0 Å². The number of hydrogen-bond donors (Lipinski definition) is 0. The van der Waals surface area contributed by atoms with Crippen LogP contribution in [-0.4, -0.2) is 85.3 Å². The molecular weight excluding hydrogens is 747 g/mol. The number of Topliss-reactive ketones (excluding diaryl/α,β-unsaturated/α-hetero) is 1. The number of rotatable bonds is 11. The SMILES string of the molecule is CC(C)(C)OC(=O)N1C[C@@H](CCc2c(F)cccc2CC(=O)[C@@H](N=[N+]=[N-])[C@@H](c2ccc(Cl)cc2)c2cc(F)cc(F)c2)OC2(CCN(S(C)(=O)=O)CC2)C1. The lowest BCUT2D eigenvalue weighted by molar-refractivity contribution is -0.169. The molecule has 3 atom stereocenters. The molecule has 0 unspecified atom stereocenters. The Morgan fingerprint density at radius 3 is 2.30 bits per heavy atom. The number of carbonyl (C=O) groups excluding carboxylic acids is 2. The Bertz CT molecular complexity index is 2000. The quantitative estimate of drug-likeness (QED) is 0.111. The van der Waals surface area contributed by atoms with Crippen LogP contribution in [-0.2, 0) is 37.1 Å². The summed E-state index contributed by atoms with van der Waals surface area (Å²) in [7, 11) is -3.43. The van der Waals surface area contributed by atoms with E-state index in [9.17, 15) is 32.3 Å². The van der Waals surface area contributed by atoms with Crippen LogP contribution in [0.2, 0.25) is 5.02 Å². The molecule has 3 aromatic carbocycles. The summed E-state index contributed by atoms with van der Waals surface area (Å²) in [4.78, 5) is 31.9. The molecule has 3 aromatic rings. The topological polar surface area (TPSA) is 142 Å². The van der Waals surface area contributed by atoms with E-state index < -0.39 is 68.6 Å². The number of amides is 1. The van der Waals surface area contributed by atoms with Gasteiger partial charge in [0.2, 0.25) is 10.0 Å². The predicted octanol–water partition coefficient (Wildman–Crippen LogP) is 7.74. The van der Waals surface area contributed by atoms with Crippen LogP contribution in [0.15, 0.2) is 65.8 Å². The summed E-state index contributed by atoms with van der Waals surface area (Å²) in [6, 6.07) is 11.8. The van der Waals surface area contributed by atoms with Gasteiger partial charge >= 0.3 is 6.09 Å². The number of carbonyl (C=O) groups is 2. The van der Waals surface area contributed by atoms with Crippen LogP contribution in [0, 0.1) is 17.5 Å². The molecule has 0 N–H and O–H groups in total. The van der Waals surface area contributed by atoms with Crippen molar-refractivity contribution in [2.75, 3.05) is 32.4 Å². The molecular formula is C38H43ClF3N5O6S. The largest absolute Gasteiger partial charge is 0.444 e. The minimum Gasteiger partial charge on any atom is -0.444 e. The molecule has 0 aromatic heterocycles. The molecule has 290 valence electrons. The molecule has 5 rings (SSSR count). The minimum absolute atomic E-state index is 0.0559. The number of morpholine rings is 1. The number of azide groups is 1. The van der Waals surface area contributed by atoms with E-state index >= 15 is 4.39 Å². The Morgan fingerprint density at radius 2 is 1.70 bits per heavy atom. The van der Waals surface area contributed by atoms with E-state index in [2.05, 4.69) is 10.0 Å². The Morgan fingerprint density at radius 1 is 1.06 bits per heavy atom. The summed E-state index contributed by atoms with van der Waals surface area (Å²) >= 11 is 6.09. The first-order valence-electron chi connectivity index (χ1n) is 17.5. The lowest BCUT2D eigenvalue weighted by atomic mass is 9.81. The van der Waals surface area contributed by atoms with Crippen molar-refractivity contribution in [3.05, 3.63) is 116 Å². The van der Waals surface area contributed by atoms with Gasteiger partial charge in [0.05, 0.1) is 31.1 Å². The van der Waals surface area contributed by atoms with Gasteiger partial charge in [0, 0.05) is 41.4 Å². The van der Waals surface area contributed by atoms with Gasteiger partial charge in [-0.3, -0.25) is 4.79 Å². The van der Waals surface area contributed by atoms with Crippen molar-refractivity contribution in [3.63, 3.8) is 0 Å². The Labute approximate surface area is 318 Å². The summed E-state index contributed by atoms with van der Waals surface area (Å²) in [5, 5.41) is 4.17. The van der Waals surface area contributed by atoms with Gasteiger partial charge in [-0.1, -0.05) is 41.0 Å². The highest BCUT2D eigenvalue weighted by atomic mass is 35.5. The standard InChI is InChI=1S/C38H43ClF3N5O6S/c1-37(2,3)53-36(49)46-22-30(52-38(23-46)14-16-47(17-15-38)54(4,50)51)12-13-31-25(6-5-7-32(31)42)20-33(48)35(44-45-43)34(24-8-10-27(39)11-9-24)26-18-28(40)21-29(41)19-26/h5-11,18-19,21,30,34-35H,12-17,20,22-23H2,1-4H3/t30-,34+,35-/m1/s1. The van der Waals surface area contributed by atoms with Crippen LogP contribution in [0.4, 0.5) is 18.0 Å². The van der Waals surface area contributed by atoms with Crippen molar-refractivity contribution in [1.29, 1.82) is 0 Å². The van der Waals surface area contributed by atoms with Crippen molar-refractivity contribution in [3.8, 4) is 0 Å². The molecule has 2 fully saturated rings. The first-order valence-corrected chi connectivity index (χ1v) is 19.7. The zero-order valence-corrected chi connectivity index (χ0v) is 32.0. The van der Waals surface area contributed by atoms with Gasteiger partial charge in [0.1, 0.15) is 34.9 Å². The zero-order valence-electron chi connectivity index (χ0n) is 30.5. The predicted molar refractivity (Wildman–Crippen MR) is 197 cm³/mol. The zero-order chi connectivity index (χ0) is 39.4. The van der Waals surface area contributed by atoms with Crippen molar-refractivity contribution >= 4 is 33.5 Å². The Balaban J connectivity index is 1.41. The van der Waals surface area contributed by atoms with E-state index in [4.69, 9.17) is 21.1 Å². The van der Waals surface area contributed by atoms with Crippen LogP contribution in [0.1, 0.15) is 68.2 Å². The van der Waals surface area contributed by atoms with E-state index in [1.54, 1.807) is 43.9 Å². The minimum atomic E-state index is -3.43. The molecule has 11 nitrogen and oxygen atoms in total. The molecule has 0 bridgehead atoms. The normalized spacial score (nSPS) is 18.8. The van der Waals surface area contributed by atoms with Crippen LogP contribution in [0.3, 0.4) is 0 Å². The first-order chi connectivity index (χ1) is 25.4. The summed E-state index contributed by atoms with van der Waals surface area (Å²) < 4.78 is 82.7. The smallest absolute Gasteiger partial charge is 0.410 e. The number of nitrogens with zero attached hydrogens (tertiary/aromatic N) is 5. The van der Waals surface area contributed by atoms with Crippen LogP contribution >= 0.6 is 11.6 Å². The van der Waals surface area contributed by atoms with Gasteiger partial charge in [0.25, 0.3) is 0 Å². The molecule has 2 aliphatic rings. The number of benzene rings is 3. The average Bonchev–Trinajstić information content (AvgIpc) is 3.07. The van der Waals surface area contributed by atoms with E-state index in [1.165, 1.54) is 28.6 Å². The first kappa shape index (κ1) is 41.0. The number of halogens is 4. The molecule has 2 saturated heterocycles. The summed E-state index contributed by atoms with van der Waals surface area (Å²) in [6.07, 6.45) is 0.625. The summed E-state index contributed by atoms with van der Waals surface area (Å²) in [6.45, 7) is 6.01. The fraction of sp³-hybridized carbons (Fsp3) is 0.474. The van der Waals surface area contributed by atoms with Gasteiger partial charge in [-0.15, -0.1) is 0 Å². The Kier molecular flexibility index (Phi) is 12.7. The third kappa shape index (κ3) is 10.3. The van der Waals surface area contributed by atoms with Crippen LogP contribution < -0.4 is 0 Å². The van der Waals surface area contributed by atoms with Gasteiger partial charge in [0.15, 0.2) is 0 Å². The fourth-order valence-electron chi connectivity index (χ4n) is 7.20. The number of hydrogen-bond acceptors (Lipinski definition) is 7. The second-order valence-corrected chi connectivity index (χ2v) is 17.3. The van der Waals surface area contributed by atoms with Gasteiger partial charge in [-0.25, -0.2) is 30.7 Å². The number of ether oxygens (including phenoxy) is 2. The number of piperidine rings is 1. The maximum absolute atomic E-state index is 15.6.